The Hall–Kier alpha value is -1.06. The minimum atomic E-state index is -0.853. The van der Waals surface area contributed by atoms with Gasteiger partial charge < -0.3 is 10.4 Å². The molecule has 4 nitrogen and oxygen atoms in total. The first-order valence-electron chi connectivity index (χ1n) is 4.93. The quantitative estimate of drug-likeness (QED) is 0.680. The number of hydrogen-bond acceptors (Lipinski definition) is 2. The molecule has 0 saturated heterocycles. The molecule has 0 fully saturated rings. The molecule has 0 bridgehead atoms. The number of carbonyl (C=O) groups excluding carboxylic acids is 1. The molecule has 4 heteroatoms. The third kappa shape index (κ3) is 6.46. The van der Waals surface area contributed by atoms with E-state index in [1.54, 1.807) is 6.92 Å². The van der Waals surface area contributed by atoms with Crippen LogP contribution in [0.25, 0.3) is 0 Å². The fourth-order valence-electron chi connectivity index (χ4n) is 0.950. The molecular weight excluding hydrogens is 182 g/mol. The van der Waals surface area contributed by atoms with Crippen LogP contribution in [0.4, 0.5) is 0 Å². The van der Waals surface area contributed by atoms with Crippen molar-refractivity contribution in [2.75, 3.05) is 6.54 Å². The zero-order valence-electron chi connectivity index (χ0n) is 9.04. The molecule has 0 aromatic carbocycles. The van der Waals surface area contributed by atoms with E-state index in [9.17, 15) is 9.59 Å². The monoisotopic (exact) mass is 201 g/mol. The second kappa shape index (κ2) is 6.40. The van der Waals surface area contributed by atoms with Crippen molar-refractivity contribution >= 4 is 11.9 Å². The van der Waals surface area contributed by atoms with Crippen LogP contribution in [0.2, 0.25) is 0 Å². The third-order valence-electron chi connectivity index (χ3n) is 1.92. The standard InChI is InChI=1S/C10H19NO3/c1-7(2)6-11-10(14)8(3)4-5-9(12)13/h7-8H,4-6H2,1-3H3,(H,11,14)(H,12,13). The highest BCUT2D eigenvalue weighted by molar-refractivity contribution is 5.78. The van der Waals surface area contributed by atoms with E-state index in [0.717, 1.165) is 0 Å². The van der Waals surface area contributed by atoms with Crippen LogP contribution >= 0.6 is 0 Å². The third-order valence-corrected chi connectivity index (χ3v) is 1.92. The molecule has 0 aromatic heterocycles. The summed E-state index contributed by atoms with van der Waals surface area (Å²) < 4.78 is 0. The number of nitrogens with one attached hydrogen (secondary N) is 1. The summed E-state index contributed by atoms with van der Waals surface area (Å²) in [7, 11) is 0. The molecule has 0 saturated carbocycles. The number of amides is 1. The van der Waals surface area contributed by atoms with Gasteiger partial charge in [-0.2, -0.15) is 0 Å². The Morgan fingerprint density at radius 1 is 1.29 bits per heavy atom. The van der Waals surface area contributed by atoms with Gasteiger partial charge in [0.15, 0.2) is 0 Å². The van der Waals surface area contributed by atoms with Crippen LogP contribution in [-0.2, 0) is 9.59 Å². The van der Waals surface area contributed by atoms with Crippen LogP contribution in [0, 0.1) is 11.8 Å². The van der Waals surface area contributed by atoms with Crippen molar-refractivity contribution in [3.8, 4) is 0 Å². The molecule has 0 aliphatic carbocycles. The van der Waals surface area contributed by atoms with Gasteiger partial charge in [0.25, 0.3) is 0 Å². The van der Waals surface area contributed by atoms with Gasteiger partial charge in [0.05, 0.1) is 0 Å². The SMILES string of the molecule is CC(C)CNC(=O)C(C)CCC(=O)O. The minimum Gasteiger partial charge on any atom is -0.481 e. The van der Waals surface area contributed by atoms with Crippen molar-refractivity contribution in [2.45, 2.75) is 33.6 Å². The predicted octanol–water partition coefficient (Wildman–Crippen LogP) is 1.26. The smallest absolute Gasteiger partial charge is 0.303 e. The Morgan fingerprint density at radius 3 is 2.29 bits per heavy atom. The number of hydrogen-bond donors (Lipinski definition) is 2. The van der Waals surface area contributed by atoms with Crippen molar-refractivity contribution in [1.29, 1.82) is 0 Å². The molecule has 1 amide bonds. The molecule has 82 valence electrons. The lowest BCUT2D eigenvalue weighted by Crippen LogP contribution is -2.32. The van der Waals surface area contributed by atoms with Gasteiger partial charge in [-0.25, -0.2) is 0 Å². The summed E-state index contributed by atoms with van der Waals surface area (Å²) in [5.41, 5.74) is 0. The Labute approximate surface area is 84.7 Å². The lowest BCUT2D eigenvalue weighted by molar-refractivity contribution is -0.137. The van der Waals surface area contributed by atoms with E-state index in [0.29, 0.717) is 18.9 Å². The molecule has 0 aliphatic rings. The van der Waals surface area contributed by atoms with Gasteiger partial charge in [0, 0.05) is 18.9 Å². The van der Waals surface area contributed by atoms with E-state index in [4.69, 9.17) is 5.11 Å². The number of carboxylic acid groups (broad SMARTS) is 1. The Morgan fingerprint density at radius 2 is 1.86 bits per heavy atom. The Bertz CT molecular complexity index is 202. The number of aliphatic carboxylic acids is 1. The van der Waals surface area contributed by atoms with Crippen LogP contribution in [0.1, 0.15) is 33.6 Å². The van der Waals surface area contributed by atoms with Gasteiger partial charge in [-0.1, -0.05) is 20.8 Å². The van der Waals surface area contributed by atoms with Crippen LogP contribution in [0.15, 0.2) is 0 Å². The summed E-state index contributed by atoms with van der Waals surface area (Å²) in [5, 5.41) is 11.2. The Balaban J connectivity index is 3.70. The zero-order valence-corrected chi connectivity index (χ0v) is 9.04. The summed E-state index contributed by atoms with van der Waals surface area (Å²) in [6.07, 6.45) is 0.454. The van der Waals surface area contributed by atoms with E-state index in [-0.39, 0.29) is 18.2 Å². The fourth-order valence-corrected chi connectivity index (χ4v) is 0.950. The second-order valence-corrected chi connectivity index (χ2v) is 3.97. The first kappa shape index (κ1) is 12.9. The van der Waals surface area contributed by atoms with E-state index in [1.165, 1.54) is 0 Å². The average molecular weight is 201 g/mol. The van der Waals surface area contributed by atoms with Crippen LogP contribution in [-0.4, -0.2) is 23.5 Å². The van der Waals surface area contributed by atoms with Gasteiger partial charge >= 0.3 is 5.97 Å². The maximum Gasteiger partial charge on any atom is 0.303 e. The fraction of sp³-hybridized carbons (Fsp3) is 0.800. The average Bonchev–Trinajstić information content (AvgIpc) is 2.09. The van der Waals surface area contributed by atoms with Crippen molar-refractivity contribution in [2.24, 2.45) is 11.8 Å². The number of rotatable bonds is 6. The highest BCUT2D eigenvalue weighted by Gasteiger charge is 2.13. The van der Waals surface area contributed by atoms with E-state index in [2.05, 4.69) is 5.32 Å². The number of carbonyl (C=O) groups is 2. The Kier molecular flexibility index (Phi) is 5.92. The first-order chi connectivity index (χ1) is 6.43. The lowest BCUT2D eigenvalue weighted by Gasteiger charge is -2.12. The maximum absolute atomic E-state index is 11.4. The lowest BCUT2D eigenvalue weighted by atomic mass is 10.0. The van der Waals surface area contributed by atoms with Gasteiger partial charge in [-0.05, 0) is 12.3 Å². The summed E-state index contributed by atoms with van der Waals surface area (Å²) in [5.74, 6) is -0.705. The summed E-state index contributed by atoms with van der Waals surface area (Å²) in [6.45, 7) is 6.43. The molecule has 0 radical (unpaired) electrons. The molecule has 0 spiro atoms. The van der Waals surface area contributed by atoms with Crippen molar-refractivity contribution in [1.82, 2.24) is 5.32 Å². The molecule has 0 rings (SSSR count). The van der Waals surface area contributed by atoms with Gasteiger partial charge in [0.2, 0.25) is 5.91 Å². The summed E-state index contributed by atoms with van der Waals surface area (Å²) >= 11 is 0. The van der Waals surface area contributed by atoms with Crippen LogP contribution < -0.4 is 5.32 Å². The first-order valence-corrected chi connectivity index (χ1v) is 4.93. The highest BCUT2D eigenvalue weighted by Crippen LogP contribution is 2.05. The largest absolute Gasteiger partial charge is 0.481 e. The van der Waals surface area contributed by atoms with Gasteiger partial charge in [-0.3, -0.25) is 9.59 Å². The van der Waals surface area contributed by atoms with E-state index in [1.807, 2.05) is 13.8 Å². The molecule has 0 aliphatic heterocycles. The summed E-state index contributed by atoms with van der Waals surface area (Å²) in [4.78, 5) is 21.6. The van der Waals surface area contributed by atoms with Crippen LogP contribution in [0.5, 0.6) is 0 Å². The van der Waals surface area contributed by atoms with Crippen molar-refractivity contribution in [3.63, 3.8) is 0 Å². The van der Waals surface area contributed by atoms with E-state index < -0.39 is 5.97 Å². The predicted molar refractivity (Wildman–Crippen MR) is 53.9 cm³/mol. The summed E-state index contributed by atoms with van der Waals surface area (Å²) in [6, 6.07) is 0. The topological polar surface area (TPSA) is 66.4 Å². The van der Waals surface area contributed by atoms with Gasteiger partial charge in [0.1, 0.15) is 0 Å². The molecule has 0 heterocycles. The molecule has 1 unspecified atom stereocenters. The molecule has 2 N–H and O–H groups in total. The molecule has 1 atom stereocenters. The molecular formula is C10H19NO3. The maximum atomic E-state index is 11.4. The normalized spacial score (nSPS) is 12.6. The minimum absolute atomic E-state index is 0.0519. The second-order valence-electron chi connectivity index (χ2n) is 3.97. The zero-order chi connectivity index (χ0) is 11.1. The van der Waals surface area contributed by atoms with Crippen molar-refractivity contribution in [3.05, 3.63) is 0 Å². The number of carboxylic acids is 1. The molecule has 0 aromatic rings. The molecule has 14 heavy (non-hydrogen) atoms. The van der Waals surface area contributed by atoms with Gasteiger partial charge in [-0.15, -0.1) is 0 Å². The van der Waals surface area contributed by atoms with E-state index >= 15 is 0 Å². The van der Waals surface area contributed by atoms with Crippen molar-refractivity contribution < 1.29 is 14.7 Å². The highest BCUT2D eigenvalue weighted by atomic mass is 16.4. The van der Waals surface area contributed by atoms with Crippen LogP contribution in [0.3, 0.4) is 0 Å².